The molecule has 0 fully saturated rings. The molecule has 2 heterocycles. The van der Waals surface area contributed by atoms with Crippen molar-refractivity contribution in [3.05, 3.63) is 64.5 Å². The third-order valence-electron chi connectivity index (χ3n) is 3.10. The van der Waals surface area contributed by atoms with Crippen LogP contribution in [0.3, 0.4) is 0 Å². The Hall–Kier alpha value is -2.66. The molecule has 1 amide bonds. The molecule has 0 spiro atoms. The normalized spacial score (nSPS) is 11.0. The number of H-pyrrole nitrogens is 1. The highest BCUT2D eigenvalue weighted by Gasteiger charge is 2.02. The van der Waals surface area contributed by atoms with E-state index in [4.69, 9.17) is 0 Å². The Morgan fingerprint density at radius 1 is 1.27 bits per heavy atom. The third-order valence-corrected chi connectivity index (χ3v) is 4.07. The number of aromatic nitrogens is 2. The second-order valence-electron chi connectivity index (χ2n) is 4.82. The van der Waals surface area contributed by atoms with Crippen molar-refractivity contribution in [1.82, 2.24) is 10.2 Å². The first-order valence-electron chi connectivity index (χ1n) is 6.86. The SMILES string of the molecule is Cc1ccc(/C=C/C(=O)Nc2cccc(-c3ccn[nH]3)c2)s1. The lowest BCUT2D eigenvalue weighted by atomic mass is 10.1. The van der Waals surface area contributed by atoms with E-state index in [-0.39, 0.29) is 5.91 Å². The first-order chi connectivity index (χ1) is 10.7. The molecule has 0 atom stereocenters. The molecule has 4 nitrogen and oxygen atoms in total. The molecule has 3 aromatic rings. The molecule has 0 aliphatic carbocycles. The van der Waals surface area contributed by atoms with E-state index in [1.165, 1.54) is 4.88 Å². The number of hydrogen-bond acceptors (Lipinski definition) is 3. The molecule has 0 bridgehead atoms. The van der Waals surface area contributed by atoms with Crippen molar-refractivity contribution in [2.45, 2.75) is 6.92 Å². The quantitative estimate of drug-likeness (QED) is 0.713. The van der Waals surface area contributed by atoms with Crippen LogP contribution in [0, 0.1) is 6.92 Å². The van der Waals surface area contributed by atoms with E-state index < -0.39 is 0 Å². The van der Waals surface area contributed by atoms with Gasteiger partial charge in [-0.1, -0.05) is 12.1 Å². The van der Waals surface area contributed by atoms with Crippen LogP contribution in [-0.4, -0.2) is 16.1 Å². The van der Waals surface area contributed by atoms with Crippen LogP contribution in [-0.2, 0) is 4.79 Å². The van der Waals surface area contributed by atoms with E-state index in [2.05, 4.69) is 15.5 Å². The molecule has 22 heavy (non-hydrogen) atoms. The maximum Gasteiger partial charge on any atom is 0.248 e. The van der Waals surface area contributed by atoms with Crippen molar-refractivity contribution in [2.75, 3.05) is 5.32 Å². The zero-order chi connectivity index (χ0) is 15.4. The van der Waals surface area contributed by atoms with E-state index in [0.717, 1.165) is 21.8 Å². The number of benzene rings is 1. The molecule has 0 unspecified atom stereocenters. The molecular formula is C17H15N3OS. The van der Waals surface area contributed by atoms with Gasteiger partial charge in [-0.25, -0.2) is 0 Å². The van der Waals surface area contributed by atoms with Gasteiger partial charge < -0.3 is 5.32 Å². The van der Waals surface area contributed by atoms with Gasteiger partial charge in [0.15, 0.2) is 0 Å². The van der Waals surface area contributed by atoms with Gasteiger partial charge in [0.1, 0.15) is 0 Å². The standard InChI is InChI=1S/C17H15N3OS/c1-12-5-6-15(22-12)7-8-17(21)19-14-4-2-3-13(11-14)16-9-10-18-20-16/h2-11H,1H3,(H,18,20)(H,19,21)/b8-7+. The summed E-state index contributed by atoms with van der Waals surface area (Å²) in [4.78, 5) is 14.3. The number of amides is 1. The summed E-state index contributed by atoms with van der Waals surface area (Å²) >= 11 is 1.66. The third kappa shape index (κ3) is 3.51. The highest BCUT2D eigenvalue weighted by molar-refractivity contribution is 7.12. The summed E-state index contributed by atoms with van der Waals surface area (Å²) in [6, 6.07) is 13.6. The first-order valence-corrected chi connectivity index (χ1v) is 7.68. The predicted octanol–water partition coefficient (Wildman–Crippen LogP) is 4.10. The monoisotopic (exact) mass is 309 g/mol. The highest BCUT2D eigenvalue weighted by Crippen LogP contribution is 2.20. The smallest absolute Gasteiger partial charge is 0.248 e. The van der Waals surface area contributed by atoms with Gasteiger partial charge in [-0.15, -0.1) is 11.3 Å². The van der Waals surface area contributed by atoms with Gasteiger partial charge in [-0.05, 0) is 43.3 Å². The zero-order valence-electron chi connectivity index (χ0n) is 12.0. The molecule has 110 valence electrons. The number of carbonyl (C=O) groups excluding carboxylic acids is 1. The van der Waals surface area contributed by atoms with Crippen molar-refractivity contribution in [1.29, 1.82) is 0 Å². The summed E-state index contributed by atoms with van der Waals surface area (Å²) in [7, 11) is 0. The molecule has 0 aliphatic heterocycles. The van der Waals surface area contributed by atoms with Gasteiger partial charge in [0.25, 0.3) is 0 Å². The Bertz CT molecular complexity index is 803. The van der Waals surface area contributed by atoms with E-state index in [9.17, 15) is 4.79 Å². The van der Waals surface area contributed by atoms with Crippen LogP contribution in [0.4, 0.5) is 5.69 Å². The molecule has 0 aliphatic rings. The fourth-order valence-corrected chi connectivity index (χ4v) is 2.85. The van der Waals surface area contributed by atoms with E-state index in [1.54, 1.807) is 23.6 Å². The molecule has 0 saturated heterocycles. The Kier molecular flexibility index (Phi) is 4.16. The minimum absolute atomic E-state index is 0.146. The molecule has 0 radical (unpaired) electrons. The lowest BCUT2D eigenvalue weighted by Crippen LogP contribution is -2.07. The maximum atomic E-state index is 12.0. The van der Waals surface area contributed by atoms with E-state index in [0.29, 0.717) is 0 Å². The number of hydrogen-bond donors (Lipinski definition) is 2. The van der Waals surface area contributed by atoms with E-state index >= 15 is 0 Å². The number of thiophene rings is 1. The van der Waals surface area contributed by atoms with Crippen molar-refractivity contribution < 1.29 is 4.79 Å². The molecule has 2 aromatic heterocycles. The van der Waals surface area contributed by atoms with Gasteiger partial charge in [0.05, 0.1) is 5.69 Å². The average molecular weight is 309 g/mol. The van der Waals surface area contributed by atoms with Crippen LogP contribution in [0.5, 0.6) is 0 Å². The lowest BCUT2D eigenvalue weighted by Gasteiger charge is -2.04. The Morgan fingerprint density at radius 2 is 2.18 bits per heavy atom. The van der Waals surface area contributed by atoms with Crippen LogP contribution >= 0.6 is 11.3 Å². The summed E-state index contributed by atoms with van der Waals surface area (Å²) < 4.78 is 0. The summed E-state index contributed by atoms with van der Waals surface area (Å²) in [5.74, 6) is -0.146. The fraction of sp³-hybridized carbons (Fsp3) is 0.0588. The van der Waals surface area contributed by atoms with Crippen LogP contribution in [0.25, 0.3) is 17.3 Å². The largest absolute Gasteiger partial charge is 0.322 e. The van der Waals surface area contributed by atoms with Crippen molar-refractivity contribution in [2.24, 2.45) is 0 Å². The maximum absolute atomic E-state index is 12.0. The van der Waals surface area contributed by atoms with Crippen LogP contribution in [0.2, 0.25) is 0 Å². The molecular weight excluding hydrogens is 294 g/mol. The summed E-state index contributed by atoms with van der Waals surface area (Å²) in [6.07, 6.45) is 5.08. The molecule has 0 saturated carbocycles. The van der Waals surface area contributed by atoms with Gasteiger partial charge in [0, 0.05) is 33.3 Å². The average Bonchev–Trinajstić information content (AvgIpc) is 3.17. The number of nitrogens with zero attached hydrogens (tertiary/aromatic N) is 1. The molecule has 5 heteroatoms. The number of rotatable bonds is 4. The first kappa shape index (κ1) is 14.3. The minimum atomic E-state index is -0.146. The number of aromatic amines is 1. The van der Waals surface area contributed by atoms with Crippen LogP contribution in [0.1, 0.15) is 9.75 Å². The molecule has 1 aromatic carbocycles. The van der Waals surface area contributed by atoms with Gasteiger partial charge in [-0.3, -0.25) is 9.89 Å². The Balaban J connectivity index is 1.69. The van der Waals surface area contributed by atoms with Gasteiger partial charge >= 0.3 is 0 Å². The lowest BCUT2D eigenvalue weighted by molar-refractivity contribution is -0.111. The minimum Gasteiger partial charge on any atom is -0.322 e. The fourth-order valence-electron chi connectivity index (χ4n) is 2.07. The van der Waals surface area contributed by atoms with Gasteiger partial charge in [0.2, 0.25) is 5.91 Å². The van der Waals surface area contributed by atoms with Gasteiger partial charge in [-0.2, -0.15) is 5.10 Å². The second kappa shape index (κ2) is 6.41. The van der Waals surface area contributed by atoms with E-state index in [1.807, 2.05) is 55.5 Å². The van der Waals surface area contributed by atoms with Crippen molar-refractivity contribution in [3.8, 4) is 11.3 Å². The summed E-state index contributed by atoms with van der Waals surface area (Å²) in [5, 5.41) is 9.71. The number of aryl methyl sites for hydroxylation is 1. The second-order valence-corrected chi connectivity index (χ2v) is 6.14. The topological polar surface area (TPSA) is 57.8 Å². The summed E-state index contributed by atoms with van der Waals surface area (Å²) in [5.41, 5.74) is 2.65. The molecule has 3 rings (SSSR count). The zero-order valence-corrected chi connectivity index (χ0v) is 12.9. The van der Waals surface area contributed by atoms with Crippen molar-refractivity contribution in [3.63, 3.8) is 0 Å². The number of anilines is 1. The Labute approximate surface area is 132 Å². The van der Waals surface area contributed by atoms with Crippen LogP contribution in [0.15, 0.2) is 54.7 Å². The number of nitrogens with one attached hydrogen (secondary N) is 2. The number of carbonyl (C=O) groups is 1. The van der Waals surface area contributed by atoms with Crippen molar-refractivity contribution >= 4 is 29.0 Å². The Morgan fingerprint density at radius 3 is 2.91 bits per heavy atom. The van der Waals surface area contributed by atoms with Crippen LogP contribution < -0.4 is 5.32 Å². The summed E-state index contributed by atoms with van der Waals surface area (Å²) in [6.45, 7) is 2.04. The molecule has 2 N–H and O–H groups in total. The highest BCUT2D eigenvalue weighted by atomic mass is 32.1. The predicted molar refractivity (Wildman–Crippen MR) is 90.7 cm³/mol.